The highest BCUT2D eigenvalue weighted by Gasteiger charge is 2.20. The maximum Gasteiger partial charge on any atom is 0.128 e. The molecule has 0 unspecified atom stereocenters. The molecule has 1 aromatic rings. The highest BCUT2D eigenvalue weighted by atomic mass is 127. The zero-order chi connectivity index (χ0) is 14.8. The highest BCUT2D eigenvalue weighted by molar-refractivity contribution is 14.1. The standard InChI is InChI=1S/C13H20IN3/c1-17(13-7-4-11(14)8-16-13)9-10-2-5-12(15)6-3-10/h4,7-8,10,12H,2-3,5-6,9,15H2,1H3/i1D3. The summed E-state index contributed by atoms with van der Waals surface area (Å²) in [6.07, 6.45) is 5.67. The average molecular weight is 348 g/mol. The predicted octanol–water partition coefficient (Wildman–Crippen LogP) is 2.64. The first-order chi connectivity index (χ1) is 9.36. The molecule has 0 aliphatic heterocycles. The molecule has 94 valence electrons. The van der Waals surface area contributed by atoms with Crippen LogP contribution in [-0.4, -0.2) is 24.5 Å². The number of aromatic nitrogens is 1. The lowest BCUT2D eigenvalue weighted by Gasteiger charge is -2.30. The Hall–Kier alpha value is -0.360. The number of hydrogen-bond donors (Lipinski definition) is 1. The maximum atomic E-state index is 7.73. The molecule has 1 aliphatic rings. The number of rotatable bonds is 3. The fraction of sp³-hybridized carbons (Fsp3) is 0.615. The molecule has 0 bridgehead atoms. The fourth-order valence-corrected chi connectivity index (χ4v) is 2.57. The van der Waals surface area contributed by atoms with Crippen LogP contribution in [0.1, 0.15) is 29.8 Å². The minimum Gasteiger partial charge on any atom is -0.359 e. The van der Waals surface area contributed by atoms with E-state index >= 15 is 0 Å². The minimum atomic E-state index is -2.15. The molecule has 0 spiro atoms. The molecule has 2 rings (SSSR count). The number of pyridine rings is 1. The van der Waals surface area contributed by atoms with Gasteiger partial charge in [-0.25, -0.2) is 4.98 Å². The molecule has 1 aliphatic carbocycles. The average Bonchev–Trinajstić information content (AvgIpc) is 2.38. The van der Waals surface area contributed by atoms with Crippen LogP contribution < -0.4 is 10.6 Å². The van der Waals surface area contributed by atoms with Gasteiger partial charge in [-0.05, 0) is 66.3 Å². The van der Waals surface area contributed by atoms with Gasteiger partial charge in [0.05, 0.1) is 0 Å². The van der Waals surface area contributed by atoms with Crippen molar-refractivity contribution in [3.8, 4) is 0 Å². The molecule has 1 aromatic heterocycles. The van der Waals surface area contributed by atoms with E-state index in [-0.39, 0.29) is 6.04 Å². The first-order valence-corrected chi connectivity index (χ1v) is 7.09. The van der Waals surface area contributed by atoms with Crippen LogP contribution in [0.5, 0.6) is 0 Å². The molecule has 1 saturated carbocycles. The van der Waals surface area contributed by atoms with Crippen LogP contribution in [0.3, 0.4) is 0 Å². The van der Waals surface area contributed by atoms with Gasteiger partial charge in [-0.1, -0.05) is 0 Å². The molecule has 0 saturated heterocycles. The van der Waals surface area contributed by atoms with Crippen molar-refractivity contribution in [2.45, 2.75) is 31.7 Å². The summed E-state index contributed by atoms with van der Waals surface area (Å²) >= 11 is 2.16. The first-order valence-electron chi connectivity index (χ1n) is 7.51. The van der Waals surface area contributed by atoms with Crippen molar-refractivity contribution in [2.75, 3.05) is 18.4 Å². The Balaban J connectivity index is 2.10. The van der Waals surface area contributed by atoms with Crippen molar-refractivity contribution in [1.29, 1.82) is 0 Å². The van der Waals surface area contributed by atoms with E-state index in [0.29, 0.717) is 18.3 Å². The summed E-state index contributed by atoms with van der Waals surface area (Å²) in [4.78, 5) is 5.71. The van der Waals surface area contributed by atoms with E-state index in [1.54, 1.807) is 12.3 Å². The zero-order valence-electron chi connectivity index (χ0n) is 12.8. The van der Waals surface area contributed by atoms with Crippen molar-refractivity contribution in [1.82, 2.24) is 4.98 Å². The summed E-state index contributed by atoms with van der Waals surface area (Å²) in [5.74, 6) is 0.914. The maximum absolute atomic E-state index is 7.73. The van der Waals surface area contributed by atoms with Crippen LogP contribution in [0.4, 0.5) is 5.82 Å². The molecular weight excluding hydrogens is 325 g/mol. The number of hydrogen-bond acceptors (Lipinski definition) is 3. The van der Waals surface area contributed by atoms with Gasteiger partial charge in [0.1, 0.15) is 5.82 Å². The van der Waals surface area contributed by atoms with Crippen LogP contribution in [0.2, 0.25) is 0 Å². The van der Waals surface area contributed by atoms with Crippen molar-refractivity contribution in [2.24, 2.45) is 11.7 Å². The summed E-state index contributed by atoms with van der Waals surface area (Å²) in [6, 6.07) is 3.95. The molecule has 0 aromatic carbocycles. The van der Waals surface area contributed by atoms with Gasteiger partial charge in [-0.3, -0.25) is 0 Å². The van der Waals surface area contributed by atoms with Crippen molar-refractivity contribution in [3.63, 3.8) is 0 Å². The molecule has 0 radical (unpaired) electrons. The molecule has 3 nitrogen and oxygen atoms in total. The number of anilines is 1. The highest BCUT2D eigenvalue weighted by Crippen LogP contribution is 2.25. The van der Waals surface area contributed by atoms with E-state index in [2.05, 4.69) is 27.6 Å². The van der Waals surface area contributed by atoms with Gasteiger partial charge in [0.2, 0.25) is 0 Å². The number of halogens is 1. The van der Waals surface area contributed by atoms with E-state index in [4.69, 9.17) is 9.85 Å². The molecule has 0 amide bonds. The van der Waals surface area contributed by atoms with Gasteiger partial charge in [0.15, 0.2) is 0 Å². The normalized spacial score (nSPS) is 28.0. The predicted molar refractivity (Wildman–Crippen MR) is 80.2 cm³/mol. The Morgan fingerprint density at radius 1 is 1.47 bits per heavy atom. The second-order valence-corrected chi connectivity index (χ2v) is 5.97. The summed E-state index contributed by atoms with van der Waals surface area (Å²) in [6.45, 7) is -1.63. The zero-order valence-corrected chi connectivity index (χ0v) is 11.9. The second kappa shape index (κ2) is 6.00. The van der Waals surface area contributed by atoms with E-state index < -0.39 is 6.98 Å². The topological polar surface area (TPSA) is 42.1 Å². The van der Waals surface area contributed by atoms with Crippen LogP contribution in [0.15, 0.2) is 18.3 Å². The summed E-state index contributed by atoms with van der Waals surface area (Å²) in [7, 11) is 0. The van der Waals surface area contributed by atoms with Gasteiger partial charge in [-0.2, -0.15) is 0 Å². The van der Waals surface area contributed by atoms with Gasteiger partial charge in [0, 0.05) is 33.4 Å². The SMILES string of the molecule is [2H]C([2H])([2H])N(CC1CCC(N)CC1)c1ccc(I)cn1. The Labute approximate surface area is 121 Å². The Bertz CT molecular complexity index is 427. The third-order valence-corrected chi connectivity index (χ3v) is 3.96. The van der Waals surface area contributed by atoms with E-state index in [1.807, 2.05) is 6.07 Å². The van der Waals surface area contributed by atoms with Crippen molar-refractivity contribution in [3.05, 3.63) is 21.9 Å². The van der Waals surface area contributed by atoms with Gasteiger partial charge in [0.25, 0.3) is 0 Å². The number of nitrogens with two attached hydrogens (primary N) is 1. The van der Waals surface area contributed by atoms with Crippen LogP contribution in [0.25, 0.3) is 0 Å². The van der Waals surface area contributed by atoms with Gasteiger partial charge >= 0.3 is 0 Å². The number of nitrogens with zero attached hydrogens (tertiary/aromatic N) is 2. The second-order valence-electron chi connectivity index (χ2n) is 4.73. The Morgan fingerprint density at radius 2 is 2.24 bits per heavy atom. The quantitative estimate of drug-likeness (QED) is 0.854. The minimum absolute atomic E-state index is 0.281. The van der Waals surface area contributed by atoms with Crippen LogP contribution >= 0.6 is 22.6 Å². The van der Waals surface area contributed by atoms with E-state index in [9.17, 15) is 0 Å². The first kappa shape index (κ1) is 9.55. The molecule has 1 fully saturated rings. The van der Waals surface area contributed by atoms with Gasteiger partial charge in [-0.15, -0.1) is 0 Å². The van der Waals surface area contributed by atoms with E-state index in [1.165, 1.54) is 4.90 Å². The Morgan fingerprint density at radius 3 is 2.82 bits per heavy atom. The van der Waals surface area contributed by atoms with Crippen molar-refractivity contribution < 1.29 is 4.11 Å². The third-order valence-electron chi connectivity index (χ3n) is 3.32. The molecule has 0 atom stereocenters. The fourth-order valence-electron chi connectivity index (χ4n) is 2.25. The molecule has 1 heterocycles. The molecule has 4 heteroatoms. The molecule has 17 heavy (non-hydrogen) atoms. The summed E-state index contributed by atoms with van der Waals surface area (Å²) < 4.78 is 24.2. The molecular formula is C13H20IN3. The lowest BCUT2D eigenvalue weighted by atomic mass is 9.86. The smallest absolute Gasteiger partial charge is 0.128 e. The van der Waals surface area contributed by atoms with Crippen LogP contribution in [-0.2, 0) is 0 Å². The summed E-state index contributed by atoms with van der Waals surface area (Å²) in [5.41, 5.74) is 5.90. The Kier molecular flexibility index (Phi) is 3.37. The lowest BCUT2D eigenvalue weighted by molar-refractivity contribution is 0.329. The van der Waals surface area contributed by atoms with Gasteiger partial charge < -0.3 is 10.6 Å². The summed E-state index contributed by atoms with van der Waals surface area (Å²) in [5, 5.41) is 0. The third kappa shape index (κ3) is 3.81. The molecule has 2 N–H and O–H groups in total. The van der Waals surface area contributed by atoms with E-state index in [0.717, 1.165) is 29.3 Å². The largest absolute Gasteiger partial charge is 0.359 e. The lowest BCUT2D eigenvalue weighted by Crippen LogP contribution is -2.32. The van der Waals surface area contributed by atoms with Crippen LogP contribution in [0, 0.1) is 9.49 Å². The monoisotopic (exact) mass is 348 g/mol. The van der Waals surface area contributed by atoms with Crippen molar-refractivity contribution >= 4 is 28.4 Å².